The van der Waals surface area contributed by atoms with E-state index in [9.17, 15) is 0 Å². The molecule has 0 aromatic rings. The summed E-state index contributed by atoms with van der Waals surface area (Å²) in [5.74, 6) is 0. The summed E-state index contributed by atoms with van der Waals surface area (Å²) >= 11 is -15.6. The summed E-state index contributed by atoms with van der Waals surface area (Å²) in [5, 5.41) is 0. The van der Waals surface area contributed by atoms with Crippen LogP contribution < -0.4 is 0 Å². The number of rotatable bonds is 0. The number of hydrogen-bond acceptors (Lipinski definition) is 15. The second kappa shape index (κ2) is 38.2. The van der Waals surface area contributed by atoms with Crippen LogP contribution in [0.1, 0.15) is 0 Å². The summed E-state index contributed by atoms with van der Waals surface area (Å²) in [5.41, 5.74) is 0. The van der Waals surface area contributed by atoms with Crippen molar-refractivity contribution in [3.63, 3.8) is 0 Å². The van der Waals surface area contributed by atoms with E-state index >= 15 is 0 Å². The zero-order chi connectivity index (χ0) is 17.9. The van der Waals surface area contributed by atoms with E-state index in [1.54, 1.807) is 0 Å². The Kier molecular flexibility index (Phi) is 75.9. The van der Waals surface area contributed by atoms with Crippen molar-refractivity contribution in [2.24, 2.45) is 0 Å². The molecule has 0 aromatic carbocycles. The summed E-state index contributed by atoms with van der Waals surface area (Å²) in [6.45, 7) is 0. The third kappa shape index (κ3) is 3930. The molecule has 15 nitrogen and oxygen atoms in total. The molecule has 130 valence electrons. The van der Waals surface area contributed by atoms with Gasteiger partial charge in [-0.15, -0.1) is 56.8 Å². The van der Waals surface area contributed by atoms with Crippen LogP contribution >= 0.6 is 0 Å². The van der Waals surface area contributed by atoms with Crippen molar-refractivity contribution in [3.8, 4) is 0 Å². The Morgan fingerprint density at radius 3 is 0.318 bits per heavy atom. The molecule has 0 heterocycles. The molecular formula is O15S5V2. The first kappa shape index (κ1) is 43.7. The Morgan fingerprint density at radius 2 is 0.318 bits per heavy atom. The van der Waals surface area contributed by atoms with E-state index in [2.05, 4.69) is 0 Å². The first-order chi connectivity index (χ1) is 8.66. The Morgan fingerprint density at radius 1 is 0.318 bits per heavy atom. The van der Waals surface area contributed by atoms with Crippen LogP contribution in [0, 0.1) is 0 Å². The van der Waals surface area contributed by atoms with E-state index in [0.29, 0.717) is 0 Å². The normalized spacial score (nSPS) is 7.95. The van der Waals surface area contributed by atoms with Gasteiger partial charge in [0.15, 0.2) is 0 Å². The standard InChI is InChI=1S/5H2O3S.2V/c5*1-4(2)3;;/h5*(H2,1,2,3);;/q;;;;;2*+5/p-10. The van der Waals surface area contributed by atoms with Crippen molar-refractivity contribution in [2.75, 3.05) is 0 Å². The molecule has 0 bridgehead atoms. The largest absolute Gasteiger partial charge is 5.00 e. The van der Waals surface area contributed by atoms with Crippen molar-refractivity contribution in [1.29, 1.82) is 0 Å². The van der Waals surface area contributed by atoms with Gasteiger partial charge in [0.1, 0.15) is 0 Å². The van der Waals surface area contributed by atoms with Crippen LogP contribution in [0.4, 0.5) is 0 Å². The second-order valence-corrected chi connectivity index (χ2v) is 3.06. The second-order valence-electron chi connectivity index (χ2n) is 1.02. The summed E-state index contributed by atoms with van der Waals surface area (Å²) in [4.78, 5) is 0. The van der Waals surface area contributed by atoms with Gasteiger partial charge < -0.3 is 45.5 Å². The van der Waals surface area contributed by atoms with Crippen molar-refractivity contribution >= 4 is 56.8 Å². The van der Waals surface area contributed by atoms with Gasteiger partial charge in [0.25, 0.3) is 0 Å². The maximum atomic E-state index is 8.44. The molecule has 0 aliphatic heterocycles. The van der Waals surface area contributed by atoms with Crippen LogP contribution in [0.2, 0.25) is 0 Å². The van der Waals surface area contributed by atoms with Gasteiger partial charge in [-0.1, -0.05) is 0 Å². The molecule has 0 spiro atoms. The van der Waals surface area contributed by atoms with E-state index in [1.165, 1.54) is 0 Å². The first-order valence-corrected chi connectivity index (χ1v) is 7.50. The van der Waals surface area contributed by atoms with Gasteiger partial charge in [-0.2, -0.15) is 0 Å². The Labute approximate surface area is 159 Å². The van der Waals surface area contributed by atoms with Gasteiger partial charge >= 0.3 is 37.1 Å². The molecule has 0 aromatic heterocycles. The van der Waals surface area contributed by atoms with Crippen LogP contribution in [0.15, 0.2) is 0 Å². The van der Waals surface area contributed by atoms with Gasteiger partial charge in [0.05, 0.1) is 0 Å². The maximum absolute atomic E-state index is 8.44. The Hall–Kier alpha value is 1.52. The minimum atomic E-state index is -3.11. The number of hydrogen-bond donors (Lipinski definition) is 0. The molecule has 0 aliphatic carbocycles. The Bertz CT molecular complexity index is 211. The van der Waals surface area contributed by atoms with E-state index in [0.717, 1.165) is 0 Å². The molecule has 0 aliphatic rings. The molecule has 0 radical (unpaired) electrons. The predicted octanol–water partition coefficient (Wildman–Crippen LogP) is -5.03. The fraction of sp³-hybridized carbons (Fsp3) is 0. The van der Waals surface area contributed by atoms with Crippen molar-refractivity contribution < 1.29 is 104 Å². The van der Waals surface area contributed by atoms with Crippen LogP contribution in [0.25, 0.3) is 0 Å². The molecule has 0 fully saturated rings. The Balaban J connectivity index is -0.0000000250. The molecule has 22 heteroatoms. The third-order valence-electron chi connectivity index (χ3n) is 0. The average molecular weight is 502 g/mol. The molecular weight excluding hydrogens is 502 g/mol. The van der Waals surface area contributed by atoms with Gasteiger partial charge in [-0.05, 0) is 0 Å². The summed E-state index contributed by atoms with van der Waals surface area (Å²) in [7, 11) is 0. The minimum Gasteiger partial charge on any atom is -0.784 e. The summed E-state index contributed by atoms with van der Waals surface area (Å²) < 4.78 is 127. The SMILES string of the molecule is O=S([O-])[O-].O=S([O-])[O-].O=S([O-])[O-].O=S([O-])[O-].O=S([O-])[O-].[V+5].[V+5]. The minimum absolute atomic E-state index is 0. The van der Waals surface area contributed by atoms with Crippen LogP contribution in [0.5, 0.6) is 0 Å². The van der Waals surface area contributed by atoms with Gasteiger partial charge in [0.2, 0.25) is 0 Å². The van der Waals surface area contributed by atoms with E-state index in [4.69, 9.17) is 66.6 Å². The molecule has 0 saturated carbocycles. The smallest absolute Gasteiger partial charge is 0.784 e. The van der Waals surface area contributed by atoms with Crippen molar-refractivity contribution in [2.45, 2.75) is 0 Å². The first-order valence-electron chi connectivity index (χ1n) is 2.50. The molecule has 0 atom stereocenters. The molecule has 0 rings (SSSR count). The molecule has 0 amide bonds. The predicted molar refractivity (Wildman–Crippen MR) is 48.5 cm³/mol. The quantitative estimate of drug-likeness (QED) is 0.280. The topological polar surface area (TPSA) is 316 Å². The van der Waals surface area contributed by atoms with Crippen molar-refractivity contribution in [3.05, 3.63) is 0 Å². The fourth-order valence-corrected chi connectivity index (χ4v) is 0. The van der Waals surface area contributed by atoms with Crippen LogP contribution in [-0.4, -0.2) is 66.6 Å². The van der Waals surface area contributed by atoms with Crippen LogP contribution in [-0.2, 0) is 93.9 Å². The van der Waals surface area contributed by atoms with Gasteiger partial charge in [0, 0.05) is 0 Å². The zero-order valence-corrected chi connectivity index (χ0v) is 15.9. The van der Waals surface area contributed by atoms with Crippen LogP contribution in [0.3, 0.4) is 0 Å². The van der Waals surface area contributed by atoms with Crippen molar-refractivity contribution in [1.82, 2.24) is 0 Å². The summed E-state index contributed by atoms with van der Waals surface area (Å²) in [6.07, 6.45) is 0. The molecule has 22 heavy (non-hydrogen) atoms. The maximum Gasteiger partial charge on any atom is 5.00 e. The fourth-order valence-electron chi connectivity index (χ4n) is 0. The van der Waals surface area contributed by atoms with E-state index < -0.39 is 56.8 Å². The molecule has 0 unspecified atom stereocenters. The van der Waals surface area contributed by atoms with Gasteiger partial charge in [-0.25, -0.2) is 0 Å². The zero-order valence-electron chi connectivity index (χ0n) is 9.06. The third-order valence-corrected chi connectivity index (χ3v) is 0. The van der Waals surface area contributed by atoms with E-state index in [-0.39, 0.29) is 37.1 Å². The summed E-state index contributed by atoms with van der Waals surface area (Å²) in [6, 6.07) is 0. The van der Waals surface area contributed by atoms with Gasteiger partial charge in [-0.3, -0.25) is 21.0 Å². The molecule has 0 saturated heterocycles. The molecule has 0 N–H and O–H groups in total. The van der Waals surface area contributed by atoms with E-state index in [1.807, 2.05) is 0 Å². The average Bonchev–Trinajstić information content (AvgIpc) is 1.94. The monoisotopic (exact) mass is 502 g/mol.